The summed E-state index contributed by atoms with van der Waals surface area (Å²) in [6, 6.07) is 14.8. The summed E-state index contributed by atoms with van der Waals surface area (Å²) < 4.78 is 2.27. The average Bonchev–Trinajstić information content (AvgIpc) is 2.55. The molecule has 2 aromatic rings. The minimum absolute atomic E-state index is 1.12. The highest BCUT2D eigenvalue weighted by Crippen LogP contribution is 2.06. The van der Waals surface area contributed by atoms with Crippen molar-refractivity contribution in [2.75, 3.05) is 5.33 Å². The van der Waals surface area contributed by atoms with Crippen LogP contribution in [0.1, 0.15) is 36.8 Å². The quantitative estimate of drug-likeness (QED) is 0.356. The number of unbranched alkanes of at least 4 members (excludes halogenated alkanes) is 3. The van der Waals surface area contributed by atoms with Crippen molar-refractivity contribution >= 4 is 28.1 Å². The molecule has 0 N–H and O–H groups in total. The maximum Gasteiger partial charge on any atom is 0.169 e. The van der Waals surface area contributed by atoms with E-state index in [1.54, 1.807) is 0 Å². The molecule has 0 aliphatic rings. The third-order valence-electron chi connectivity index (χ3n) is 3.48. The molecule has 21 heavy (non-hydrogen) atoms. The smallest absolute Gasteiger partial charge is 0.169 e. The lowest BCUT2D eigenvalue weighted by molar-refractivity contribution is -0.697. The van der Waals surface area contributed by atoms with Crippen LogP contribution in [0.3, 0.4) is 0 Å². The van der Waals surface area contributed by atoms with Gasteiger partial charge in [0.1, 0.15) is 6.54 Å². The largest absolute Gasteiger partial charge is 0.205 e. The van der Waals surface area contributed by atoms with Crippen molar-refractivity contribution in [1.29, 1.82) is 0 Å². The minimum Gasteiger partial charge on any atom is -0.205 e. The Labute approximate surface area is 136 Å². The molecule has 1 heterocycles. The molecule has 1 aromatic heterocycles. The molecule has 0 aliphatic heterocycles. The standard InChI is InChI=1S/C19H23BrN/c20-14-6-1-2-7-15-21-16-12-19(13-17-21)11-10-18-8-4-3-5-9-18/h3-5,8-13,16-17H,1-2,6-7,14-15H2/q+1. The molecule has 110 valence electrons. The molecule has 0 fully saturated rings. The van der Waals surface area contributed by atoms with E-state index in [-0.39, 0.29) is 0 Å². The zero-order valence-corrected chi connectivity index (χ0v) is 14.0. The van der Waals surface area contributed by atoms with E-state index in [1.165, 1.54) is 36.8 Å². The van der Waals surface area contributed by atoms with Crippen molar-refractivity contribution in [2.45, 2.75) is 32.2 Å². The maximum atomic E-state index is 3.47. The van der Waals surface area contributed by atoms with Gasteiger partial charge in [-0.05, 0) is 24.0 Å². The van der Waals surface area contributed by atoms with Crippen LogP contribution in [-0.2, 0) is 6.54 Å². The summed E-state index contributed by atoms with van der Waals surface area (Å²) in [4.78, 5) is 0. The van der Waals surface area contributed by atoms with Crippen LogP contribution >= 0.6 is 15.9 Å². The fraction of sp³-hybridized carbons (Fsp3) is 0.316. The van der Waals surface area contributed by atoms with Crippen molar-refractivity contribution < 1.29 is 4.57 Å². The number of rotatable bonds is 8. The number of alkyl halides is 1. The van der Waals surface area contributed by atoms with Gasteiger partial charge in [-0.15, -0.1) is 0 Å². The Morgan fingerprint density at radius 3 is 2.05 bits per heavy atom. The molecule has 0 unspecified atom stereocenters. The van der Waals surface area contributed by atoms with Crippen molar-refractivity contribution in [3.63, 3.8) is 0 Å². The van der Waals surface area contributed by atoms with E-state index in [1.807, 2.05) is 6.07 Å². The summed E-state index contributed by atoms with van der Waals surface area (Å²) in [6.07, 6.45) is 13.8. The first-order valence-electron chi connectivity index (χ1n) is 7.67. The number of halogens is 1. The van der Waals surface area contributed by atoms with E-state index in [9.17, 15) is 0 Å². The van der Waals surface area contributed by atoms with Crippen LogP contribution in [0.15, 0.2) is 54.9 Å². The third-order valence-corrected chi connectivity index (χ3v) is 4.05. The zero-order chi connectivity index (χ0) is 14.8. The van der Waals surface area contributed by atoms with E-state index in [4.69, 9.17) is 0 Å². The molecule has 2 rings (SSSR count). The van der Waals surface area contributed by atoms with E-state index < -0.39 is 0 Å². The van der Waals surface area contributed by atoms with Crippen LogP contribution in [0.25, 0.3) is 12.2 Å². The third kappa shape index (κ3) is 6.26. The minimum atomic E-state index is 1.12. The van der Waals surface area contributed by atoms with Gasteiger partial charge in [-0.3, -0.25) is 0 Å². The molecule has 0 bridgehead atoms. The lowest BCUT2D eigenvalue weighted by Crippen LogP contribution is -2.32. The summed E-state index contributed by atoms with van der Waals surface area (Å²) >= 11 is 3.47. The summed E-state index contributed by atoms with van der Waals surface area (Å²) in [5.41, 5.74) is 2.48. The normalized spacial score (nSPS) is 11.1. The fourth-order valence-electron chi connectivity index (χ4n) is 2.23. The molecule has 2 heteroatoms. The van der Waals surface area contributed by atoms with Crippen LogP contribution in [0.2, 0.25) is 0 Å². The molecule has 0 aliphatic carbocycles. The molecule has 0 spiro atoms. The van der Waals surface area contributed by atoms with Crippen LogP contribution in [0, 0.1) is 0 Å². The highest BCUT2D eigenvalue weighted by molar-refractivity contribution is 9.09. The highest BCUT2D eigenvalue weighted by Gasteiger charge is 1.99. The van der Waals surface area contributed by atoms with Crippen molar-refractivity contribution in [2.24, 2.45) is 0 Å². The lowest BCUT2D eigenvalue weighted by Gasteiger charge is -1.98. The zero-order valence-electron chi connectivity index (χ0n) is 12.4. The Hall–Kier alpha value is -1.41. The van der Waals surface area contributed by atoms with Gasteiger partial charge < -0.3 is 0 Å². The predicted octanol–water partition coefficient (Wildman–Crippen LogP) is 5.10. The van der Waals surface area contributed by atoms with E-state index >= 15 is 0 Å². The van der Waals surface area contributed by atoms with Crippen molar-refractivity contribution in [3.8, 4) is 0 Å². The number of nitrogens with zero attached hydrogens (tertiary/aromatic N) is 1. The van der Waals surface area contributed by atoms with Crippen molar-refractivity contribution in [3.05, 3.63) is 66.0 Å². The number of hydrogen-bond acceptors (Lipinski definition) is 0. The number of hydrogen-bond donors (Lipinski definition) is 0. The van der Waals surface area contributed by atoms with Gasteiger partial charge in [-0.2, -0.15) is 0 Å². The van der Waals surface area contributed by atoms with Crippen LogP contribution in [-0.4, -0.2) is 5.33 Å². The summed E-state index contributed by atoms with van der Waals surface area (Å²) in [5.74, 6) is 0. The van der Waals surface area contributed by atoms with Crippen LogP contribution < -0.4 is 4.57 Å². The number of benzene rings is 1. The van der Waals surface area contributed by atoms with Crippen molar-refractivity contribution in [1.82, 2.24) is 0 Å². The number of pyridine rings is 1. The second kappa shape index (κ2) is 9.51. The molecule has 0 saturated heterocycles. The van der Waals surface area contributed by atoms with Gasteiger partial charge in [0.05, 0.1) is 0 Å². The Balaban J connectivity index is 1.80. The molecular weight excluding hydrogens is 322 g/mol. The van der Waals surface area contributed by atoms with Gasteiger partial charge in [-0.25, -0.2) is 4.57 Å². The second-order valence-electron chi connectivity index (χ2n) is 5.22. The van der Waals surface area contributed by atoms with Crippen LogP contribution in [0.4, 0.5) is 0 Å². The monoisotopic (exact) mass is 344 g/mol. The predicted molar refractivity (Wildman–Crippen MR) is 94.3 cm³/mol. The second-order valence-corrected chi connectivity index (χ2v) is 6.01. The first-order chi connectivity index (χ1) is 10.4. The average molecular weight is 345 g/mol. The summed E-state index contributed by atoms with van der Waals surface area (Å²) in [7, 11) is 0. The Morgan fingerprint density at radius 2 is 1.38 bits per heavy atom. The molecule has 0 amide bonds. The Morgan fingerprint density at radius 1 is 0.762 bits per heavy atom. The molecule has 0 radical (unpaired) electrons. The summed E-state index contributed by atoms with van der Waals surface area (Å²) in [6.45, 7) is 1.12. The number of aromatic nitrogens is 1. The number of aryl methyl sites for hydroxylation is 1. The Kier molecular flexibility index (Phi) is 7.23. The van der Waals surface area contributed by atoms with Gasteiger partial charge >= 0.3 is 0 Å². The molecule has 0 atom stereocenters. The molecular formula is C19H23BrN+. The molecule has 1 aromatic carbocycles. The highest BCUT2D eigenvalue weighted by atomic mass is 79.9. The van der Waals surface area contributed by atoms with Gasteiger partial charge in [-0.1, -0.05) is 64.8 Å². The van der Waals surface area contributed by atoms with E-state index in [0.717, 1.165) is 11.9 Å². The summed E-state index contributed by atoms with van der Waals surface area (Å²) in [5, 5.41) is 1.13. The first-order valence-corrected chi connectivity index (χ1v) is 8.79. The maximum absolute atomic E-state index is 3.47. The SMILES string of the molecule is BrCCCCCC[n+]1ccc(C=Cc2ccccc2)cc1. The molecule has 1 nitrogen and oxygen atoms in total. The Bertz CT molecular complexity index is 531. The van der Waals surface area contributed by atoms with E-state index in [2.05, 4.69) is 81.4 Å². The lowest BCUT2D eigenvalue weighted by atomic mass is 10.1. The first kappa shape index (κ1) is 16.0. The molecule has 0 saturated carbocycles. The van der Waals surface area contributed by atoms with Gasteiger partial charge in [0, 0.05) is 23.9 Å². The topological polar surface area (TPSA) is 3.88 Å². The van der Waals surface area contributed by atoms with Crippen LogP contribution in [0.5, 0.6) is 0 Å². The van der Waals surface area contributed by atoms with Gasteiger partial charge in [0.15, 0.2) is 12.4 Å². The van der Waals surface area contributed by atoms with Gasteiger partial charge in [0.2, 0.25) is 0 Å². The van der Waals surface area contributed by atoms with E-state index in [0.29, 0.717) is 0 Å². The van der Waals surface area contributed by atoms with Gasteiger partial charge in [0.25, 0.3) is 0 Å². The fourth-order valence-corrected chi connectivity index (χ4v) is 2.62.